The second-order valence-electron chi connectivity index (χ2n) is 5.25. The van der Waals surface area contributed by atoms with Crippen molar-refractivity contribution in [2.45, 2.75) is 19.4 Å². The second kappa shape index (κ2) is 7.70. The maximum absolute atomic E-state index is 12.2. The number of hydrogen-bond donors (Lipinski definition) is 1. The summed E-state index contributed by atoms with van der Waals surface area (Å²) in [6.45, 7) is 1.89. The predicted octanol–water partition coefficient (Wildman–Crippen LogP) is 3.35. The number of nitro groups is 1. The summed E-state index contributed by atoms with van der Waals surface area (Å²) < 4.78 is 0. The van der Waals surface area contributed by atoms with Gasteiger partial charge in [-0.15, -0.1) is 0 Å². The van der Waals surface area contributed by atoms with E-state index < -0.39 is 11.0 Å². The lowest BCUT2D eigenvalue weighted by atomic mass is 10.0. The third-order valence-corrected chi connectivity index (χ3v) is 3.81. The highest BCUT2D eigenvalue weighted by molar-refractivity contribution is 6.30. The number of carbonyl (C=O) groups excluding carboxylic acids is 2. The number of benzene rings is 2. The van der Waals surface area contributed by atoms with E-state index in [1.54, 1.807) is 0 Å². The van der Waals surface area contributed by atoms with Crippen LogP contribution < -0.4 is 5.32 Å². The zero-order valence-electron chi connectivity index (χ0n) is 12.9. The molecule has 1 amide bonds. The van der Waals surface area contributed by atoms with Crippen molar-refractivity contribution in [3.05, 3.63) is 74.3 Å². The Morgan fingerprint density at radius 3 is 2.67 bits per heavy atom. The lowest BCUT2D eigenvalue weighted by Gasteiger charge is -2.13. The molecule has 0 spiro atoms. The molecule has 0 aliphatic rings. The fourth-order valence-electron chi connectivity index (χ4n) is 2.30. The summed E-state index contributed by atoms with van der Waals surface area (Å²) in [6.07, 6.45) is 0.335. The Morgan fingerprint density at radius 2 is 2.04 bits per heavy atom. The van der Waals surface area contributed by atoms with Gasteiger partial charge in [0.25, 0.3) is 6.04 Å². The van der Waals surface area contributed by atoms with Gasteiger partial charge in [0, 0.05) is 9.95 Å². The maximum Gasteiger partial charge on any atom is 0.294 e. The molecule has 1 atom stereocenters. The second-order valence-corrected chi connectivity index (χ2v) is 5.69. The van der Waals surface area contributed by atoms with E-state index in [9.17, 15) is 19.7 Å². The van der Waals surface area contributed by atoms with Gasteiger partial charge in [-0.25, -0.2) is 0 Å². The highest BCUT2D eigenvalue weighted by Gasteiger charge is 2.26. The van der Waals surface area contributed by atoms with E-state index in [2.05, 4.69) is 5.32 Å². The SMILES string of the molecule is Cc1ccccc1CC(=O)Nc1ccc(Cl)cc1C(C=O)[N+](=O)[O-]. The summed E-state index contributed by atoms with van der Waals surface area (Å²) in [5.74, 6) is -0.333. The van der Waals surface area contributed by atoms with Gasteiger partial charge in [-0.05, 0) is 36.2 Å². The third kappa shape index (κ3) is 4.17. The first-order valence-electron chi connectivity index (χ1n) is 7.15. The summed E-state index contributed by atoms with van der Waals surface area (Å²) in [5.41, 5.74) is 2.08. The van der Waals surface area contributed by atoms with Crippen LogP contribution >= 0.6 is 11.6 Å². The first kappa shape index (κ1) is 17.6. The summed E-state index contributed by atoms with van der Waals surface area (Å²) in [5, 5.41) is 13.9. The smallest absolute Gasteiger partial charge is 0.294 e. The number of nitrogens with zero attached hydrogens (tertiary/aromatic N) is 1. The molecular weight excluding hydrogens is 332 g/mol. The lowest BCUT2D eigenvalue weighted by molar-refractivity contribution is -0.510. The van der Waals surface area contributed by atoms with Gasteiger partial charge in [0.1, 0.15) is 0 Å². The lowest BCUT2D eigenvalue weighted by Crippen LogP contribution is -2.19. The van der Waals surface area contributed by atoms with Gasteiger partial charge in [-0.2, -0.15) is 0 Å². The van der Waals surface area contributed by atoms with E-state index in [-0.39, 0.29) is 34.9 Å². The zero-order chi connectivity index (χ0) is 17.7. The molecule has 0 heterocycles. The van der Waals surface area contributed by atoms with E-state index in [1.807, 2.05) is 31.2 Å². The minimum Gasteiger partial charge on any atom is -0.325 e. The Hall–Kier alpha value is -2.73. The average molecular weight is 347 g/mol. The topological polar surface area (TPSA) is 89.3 Å². The number of aldehydes is 1. The molecule has 2 aromatic rings. The van der Waals surface area contributed by atoms with Crippen molar-refractivity contribution in [3.8, 4) is 0 Å². The van der Waals surface area contributed by atoms with Crippen LogP contribution in [0.15, 0.2) is 42.5 Å². The molecule has 0 aliphatic heterocycles. The minimum absolute atomic E-state index is 0.0561. The first-order valence-corrected chi connectivity index (χ1v) is 7.52. The Balaban J connectivity index is 2.26. The van der Waals surface area contributed by atoms with Crippen molar-refractivity contribution in [2.24, 2.45) is 0 Å². The molecule has 0 radical (unpaired) electrons. The molecule has 7 heteroatoms. The van der Waals surface area contributed by atoms with E-state index in [0.717, 1.165) is 11.1 Å². The molecule has 1 N–H and O–H groups in total. The number of nitrogens with one attached hydrogen (secondary N) is 1. The van der Waals surface area contributed by atoms with Gasteiger partial charge in [0.2, 0.25) is 5.91 Å². The molecule has 0 bridgehead atoms. The number of amides is 1. The van der Waals surface area contributed by atoms with Crippen LogP contribution in [0, 0.1) is 17.0 Å². The van der Waals surface area contributed by atoms with E-state index in [4.69, 9.17) is 11.6 Å². The highest BCUT2D eigenvalue weighted by atomic mass is 35.5. The van der Waals surface area contributed by atoms with Crippen molar-refractivity contribution in [1.29, 1.82) is 0 Å². The molecule has 0 saturated heterocycles. The number of carbonyl (C=O) groups is 2. The molecule has 2 rings (SSSR count). The monoisotopic (exact) mass is 346 g/mol. The summed E-state index contributed by atoms with van der Waals surface area (Å²) in [6, 6.07) is 10.1. The first-order chi connectivity index (χ1) is 11.4. The molecule has 1 unspecified atom stereocenters. The molecular formula is C17H15ClN2O4. The van der Waals surface area contributed by atoms with Crippen molar-refractivity contribution < 1.29 is 14.5 Å². The third-order valence-electron chi connectivity index (χ3n) is 3.57. The van der Waals surface area contributed by atoms with E-state index >= 15 is 0 Å². The number of rotatable bonds is 6. The maximum atomic E-state index is 12.2. The summed E-state index contributed by atoms with van der Waals surface area (Å²) >= 11 is 5.86. The molecule has 124 valence electrons. The van der Waals surface area contributed by atoms with Crippen LogP contribution in [-0.4, -0.2) is 17.1 Å². The van der Waals surface area contributed by atoms with Gasteiger partial charge in [-0.3, -0.25) is 19.7 Å². The summed E-state index contributed by atoms with van der Waals surface area (Å²) in [7, 11) is 0. The predicted molar refractivity (Wildman–Crippen MR) is 90.8 cm³/mol. The van der Waals surface area contributed by atoms with Crippen molar-refractivity contribution >= 4 is 29.5 Å². The van der Waals surface area contributed by atoms with Crippen molar-refractivity contribution in [1.82, 2.24) is 0 Å². The van der Waals surface area contributed by atoms with Crippen LogP contribution in [0.25, 0.3) is 0 Å². The Morgan fingerprint density at radius 1 is 1.33 bits per heavy atom. The Labute approximate surface area is 143 Å². The molecule has 0 aliphatic carbocycles. The van der Waals surface area contributed by atoms with Crippen LogP contribution in [0.2, 0.25) is 5.02 Å². The van der Waals surface area contributed by atoms with Gasteiger partial charge < -0.3 is 5.32 Å². The number of anilines is 1. The van der Waals surface area contributed by atoms with Gasteiger partial charge in [0.05, 0.1) is 17.7 Å². The fraction of sp³-hybridized carbons (Fsp3) is 0.176. The molecule has 0 aromatic heterocycles. The number of aryl methyl sites for hydroxylation is 1. The Bertz CT molecular complexity index is 792. The van der Waals surface area contributed by atoms with Crippen LogP contribution in [0.4, 0.5) is 5.69 Å². The number of hydrogen-bond acceptors (Lipinski definition) is 4. The standard InChI is InChI=1S/C17H15ClN2O4/c1-11-4-2-3-5-12(11)8-17(22)19-15-7-6-13(18)9-14(15)16(10-21)20(23)24/h2-7,9-10,16H,8H2,1H3,(H,19,22). The molecule has 24 heavy (non-hydrogen) atoms. The highest BCUT2D eigenvalue weighted by Crippen LogP contribution is 2.27. The zero-order valence-corrected chi connectivity index (χ0v) is 13.6. The molecule has 6 nitrogen and oxygen atoms in total. The van der Waals surface area contributed by atoms with Gasteiger partial charge in [0.15, 0.2) is 6.29 Å². The fourth-order valence-corrected chi connectivity index (χ4v) is 2.49. The quantitative estimate of drug-likeness (QED) is 0.493. The molecule has 0 fully saturated rings. The minimum atomic E-state index is -1.59. The normalized spacial score (nSPS) is 11.6. The largest absolute Gasteiger partial charge is 0.325 e. The Kier molecular flexibility index (Phi) is 5.65. The van der Waals surface area contributed by atoms with Crippen LogP contribution in [0.1, 0.15) is 22.7 Å². The van der Waals surface area contributed by atoms with Crippen molar-refractivity contribution in [2.75, 3.05) is 5.32 Å². The average Bonchev–Trinajstić information content (AvgIpc) is 2.52. The molecule has 0 saturated carbocycles. The van der Waals surface area contributed by atoms with Crippen LogP contribution in [0.3, 0.4) is 0 Å². The van der Waals surface area contributed by atoms with Crippen molar-refractivity contribution in [3.63, 3.8) is 0 Å². The molecule has 2 aromatic carbocycles. The van der Waals surface area contributed by atoms with Crippen LogP contribution in [0.5, 0.6) is 0 Å². The van der Waals surface area contributed by atoms with E-state index in [1.165, 1.54) is 18.2 Å². The van der Waals surface area contributed by atoms with Gasteiger partial charge >= 0.3 is 0 Å². The van der Waals surface area contributed by atoms with Crippen LogP contribution in [-0.2, 0) is 16.0 Å². The van der Waals surface area contributed by atoms with Gasteiger partial charge in [-0.1, -0.05) is 35.9 Å². The van der Waals surface area contributed by atoms with E-state index in [0.29, 0.717) is 0 Å². The number of halogens is 1. The summed E-state index contributed by atoms with van der Waals surface area (Å²) in [4.78, 5) is 33.6.